The van der Waals surface area contributed by atoms with Gasteiger partial charge in [-0.05, 0) is 30.5 Å². The first-order valence-electron chi connectivity index (χ1n) is 7.23. The summed E-state index contributed by atoms with van der Waals surface area (Å²) in [5.41, 5.74) is 6.18. The molecule has 0 aromatic heterocycles. The van der Waals surface area contributed by atoms with Crippen molar-refractivity contribution in [1.29, 1.82) is 5.26 Å². The van der Waals surface area contributed by atoms with Gasteiger partial charge in [-0.15, -0.1) is 0 Å². The molecule has 6 heteroatoms. The van der Waals surface area contributed by atoms with Crippen molar-refractivity contribution in [2.24, 2.45) is 5.92 Å². The van der Waals surface area contributed by atoms with E-state index in [0.29, 0.717) is 18.0 Å². The Hall–Kier alpha value is -1.58. The second kappa shape index (κ2) is 8.01. The number of hydrogen-bond donors (Lipinski definition) is 2. The van der Waals surface area contributed by atoms with E-state index >= 15 is 0 Å². The number of hydrogen-bond acceptors (Lipinski definition) is 4. The van der Waals surface area contributed by atoms with Gasteiger partial charge in [0.15, 0.2) is 0 Å². The van der Waals surface area contributed by atoms with Gasteiger partial charge in [-0.2, -0.15) is 5.26 Å². The zero-order chi connectivity index (χ0) is 15.9. The van der Waals surface area contributed by atoms with Crippen molar-refractivity contribution in [2.75, 3.05) is 12.3 Å². The first-order valence-corrected chi connectivity index (χ1v) is 8.72. The number of unbranched alkanes of at least 4 members (excludes halogenated alkanes) is 1. The van der Waals surface area contributed by atoms with Gasteiger partial charge < -0.3 is 5.73 Å². The summed E-state index contributed by atoms with van der Waals surface area (Å²) in [4.78, 5) is 0.0341. The quantitative estimate of drug-likeness (QED) is 0.721. The molecular weight excluding hydrogens is 286 g/mol. The first-order chi connectivity index (χ1) is 9.94. The van der Waals surface area contributed by atoms with Crippen LogP contribution in [0.5, 0.6) is 0 Å². The second-order valence-corrected chi connectivity index (χ2v) is 6.87. The average Bonchev–Trinajstić information content (AvgIpc) is 2.47. The largest absolute Gasteiger partial charge is 0.398 e. The number of benzene rings is 1. The maximum atomic E-state index is 12.3. The van der Waals surface area contributed by atoms with Crippen molar-refractivity contribution in [3.63, 3.8) is 0 Å². The van der Waals surface area contributed by atoms with E-state index < -0.39 is 10.0 Å². The molecule has 1 atom stereocenters. The van der Waals surface area contributed by atoms with Crippen LogP contribution in [-0.4, -0.2) is 15.0 Å². The minimum Gasteiger partial charge on any atom is -0.398 e. The Bertz CT molecular complexity index is 606. The summed E-state index contributed by atoms with van der Waals surface area (Å²) >= 11 is 0. The lowest BCUT2D eigenvalue weighted by atomic mass is 10.00. The third kappa shape index (κ3) is 5.03. The van der Waals surface area contributed by atoms with Crippen molar-refractivity contribution >= 4 is 15.7 Å². The summed E-state index contributed by atoms with van der Waals surface area (Å²) in [6, 6.07) is 6.15. The van der Waals surface area contributed by atoms with E-state index in [4.69, 9.17) is 11.0 Å². The molecule has 0 aliphatic heterocycles. The van der Waals surface area contributed by atoms with E-state index in [-0.39, 0.29) is 10.6 Å². The molecule has 5 nitrogen and oxygen atoms in total. The van der Waals surface area contributed by atoms with Crippen LogP contribution < -0.4 is 10.5 Å². The lowest BCUT2D eigenvalue weighted by molar-refractivity contribution is 0.444. The number of sulfonamides is 1. The zero-order valence-corrected chi connectivity index (χ0v) is 13.4. The predicted octanol–water partition coefficient (Wildman–Crippen LogP) is 2.64. The molecule has 1 rings (SSSR count). The topological polar surface area (TPSA) is 96.0 Å². The van der Waals surface area contributed by atoms with E-state index in [9.17, 15) is 8.42 Å². The molecule has 0 aliphatic rings. The number of rotatable bonds is 8. The zero-order valence-electron chi connectivity index (χ0n) is 12.6. The van der Waals surface area contributed by atoms with E-state index in [1.54, 1.807) is 0 Å². The van der Waals surface area contributed by atoms with Gasteiger partial charge in [-0.3, -0.25) is 0 Å². The summed E-state index contributed by atoms with van der Waals surface area (Å²) in [5.74, 6) is 0.333. The van der Waals surface area contributed by atoms with Gasteiger partial charge in [-0.25, -0.2) is 13.1 Å². The van der Waals surface area contributed by atoms with Crippen molar-refractivity contribution in [3.05, 3.63) is 23.8 Å². The van der Waals surface area contributed by atoms with Crippen molar-refractivity contribution < 1.29 is 8.42 Å². The fraction of sp³-hybridized carbons (Fsp3) is 0.533. The highest BCUT2D eigenvalue weighted by atomic mass is 32.2. The van der Waals surface area contributed by atoms with Gasteiger partial charge in [0.1, 0.15) is 4.90 Å². The van der Waals surface area contributed by atoms with Crippen molar-refractivity contribution in [2.45, 2.75) is 44.4 Å². The van der Waals surface area contributed by atoms with Gasteiger partial charge >= 0.3 is 0 Å². The van der Waals surface area contributed by atoms with Crippen LogP contribution in [0, 0.1) is 17.2 Å². The molecule has 0 bridgehead atoms. The average molecular weight is 309 g/mol. The number of nitrogen functional groups attached to an aromatic ring is 1. The molecule has 0 saturated heterocycles. The normalized spacial score (nSPS) is 12.8. The van der Waals surface area contributed by atoms with Crippen LogP contribution >= 0.6 is 0 Å². The van der Waals surface area contributed by atoms with Crippen LogP contribution in [-0.2, 0) is 10.0 Å². The second-order valence-electron chi connectivity index (χ2n) is 5.13. The minimum absolute atomic E-state index is 0.0341. The first kappa shape index (κ1) is 17.5. The van der Waals surface area contributed by atoms with Crippen LogP contribution in [0.1, 0.15) is 45.1 Å². The van der Waals surface area contributed by atoms with E-state index in [1.165, 1.54) is 18.2 Å². The van der Waals surface area contributed by atoms with Crippen LogP contribution in [0.15, 0.2) is 23.1 Å². The molecule has 3 N–H and O–H groups in total. The van der Waals surface area contributed by atoms with Gasteiger partial charge in [0, 0.05) is 6.54 Å². The molecule has 0 saturated carbocycles. The highest BCUT2D eigenvalue weighted by molar-refractivity contribution is 7.89. The summed E-state index contributed by atoms with van der Waals surface area (Å²) in [6.07, 6.45) is 4.15. The third-order valence-electron chi connectivity index (χ3n) is 3.53. The molecule has 0 heterocycles. The van der Waals surface area contributed by atoms with Gasteiger partial charge in [0.2, 0.25) is 10.0 Å². The van der Waals surface area contributed by atoms with Crippen molar-refractivity contribution in [1.82, 2.24) is 4.72 Å². The summed E-state index contributed by atoms with van der Waals surface area (Å²) in [7, 11) is -3.63. The molecular formula is C15H23N3O2S. The maximum Gasteiger partial charge on any atom is 0.242 e. The van der Waals surface area contributed by atoms with E-state index in [1.807, 2.05) is 6.07 Å². The maximum absolute atomic E-state index is 12.3. The molecule has 0 fully saturated rings. The standard InChI is InChI=1S/C15H23N3O2S/c1-3-5-6-12(4-2)11-18-21(19,20)15-8-7-13(10-16)9-14(15)17/h7-9,12,18H,3-6,11,17H2,1-2H3. The van der Waals surface area contributed by atoms with Crippen LogP contribution in [0.4, 0.5) is 5.69 Å². The van der Waals surface area contributed by atoms with E-state index in [2.05, 4.69) is 18.6 Å². The molecule has 0 radical (unpaired) electrons. The number of nitriles is 1. The van der Waals surface area contributed by atoms with Crippen molar-refractivity contribution in [3.8, 4) is 6.07 Å². The van der Waals surface area contributed by atoms with Crippen LogP contribution in [0.3, 0.4) is 0 Å². The molecule has 1 aromatic rings. The molecule has 1 aromatic carbocycles. The van der Waals surface area contributed by atoms with Gasteiger partial charge in [0.25, 0.3) is 0 Å². The summed E-state index contributed by atoms with van der Waals surface area (Å²) in [5, 5.41) is 8.78. The number of nitrogens with two attached hydrogens (primary N) is 1. The summed E-state index contributed by atoms with van der Waals surface area (Å²) < 4.78 is 27.2. The molecule has 0 spiro atoms. The van der Waals surface area contributed by atoms with Crippen LogP contribution in [0.2, 0.25) is 0 Å². The highest BCUT2D eigenvalue weighted by Gasteiger charge is 2.19. The SMILES string of the molecule is CCCCC(CC)CNS(=O)(=O)c1ccc(C#N)cc1N. The van der Waals surface area contributed by atoms with E-state index in [0.717, 1.165) is 25.7 Å². The Morgan fingerprint density at radius 2 is 2.10 bits per heavy atom. The summed E-state index contributed by atoms with van der Waals surface area (Å²) in [6.45, 7) is 4.59. The smallest absolute Gasteiger partial charge is 0.242 e. The van der Waals surface area contributed by atoms with Crippen LogP contribution in [0.25, 0.3) is 0 Å². The molecule has 116 valence electrons. The molecule has 21 heavy (non-hydrogen) atoms. The lowest BCUT2D eigenvalue weighted by Crippen LogP contribution is -2.29. The Balaban J connectivity index is 2.80. The predicted molar refractivity (Wildman–Crippen MR) is 84.1 cm³/mol. The molecule has 0 amide bonds. The van der Waals surface area contributed by atoms with Gasteiger partial charge in [0.05, 0.1) is 17.3 Å². The third-order valence-corrected chi connectivity index (χ3v) is 5.03. The Morgan fingerprint density at radius 1 is 1.38 bits per heavy atom. The Kier molecular flexibility index (Phi) is 6.66. The number of nitrogens with zero attached hydrogens (tertiary/aromatic N) is 1. The molecule has 1 unspecified atom stereocenters. The monoisotopic (exact) mass is 309 g/mol. The fourth-order valence-electron chi connectivity index (χ4n) is 2.11. The number of nitrogens with one attached hydrogen (secondary N) is 1. The molecule has 0 aliphatic carbocycles. The Morgan fingerprint density at radius 3 is 2.62 bits per heavy atom. The lowest BCUT2D eigenvalue weighted by Gasteiger charge is -2.16. The highest BCUT2D eigenvalue weighted by Crippen LogP contribution is 2.20. The Labute approximate surface area is 127 Å². The fourth-order valence-corrected chi connectivity index (χ4v) is 3.34. The van der Waals surface area contributed by atoms with Gasteiger partial charge in [-0.1, -0.05) is 33.1 Å². The minimum atomic E-state index is -3.63. The number of anilines is 1.